The maximum Gasteiger partial charge on any atom is 0.232 e. The van der Waals surface area contributed by atoms with Crippen molar-refractivity contribution in [2.24, 2.45) is 0 Å². The molecule has 1 amide bonds. The first kappa shape index (κ1) is 18.7. The average Bonchev–Trinajstić information content (AvgIpc) is 2.97. The molecule has 6 heteroatoms. The number of likely N-dealkylation sites (tertiary alicyclic amines) is 1. The highest BCUT2D eigenvalue weighted by atomic mass is 32.2. The average molecular weight is 372 g/mol. The molecule has 0 atom stereocenters. The van der Waals surface area contributed by atoms with Crippen LogP contribution < -0.4 is 4.74 Å². The zero-order valence-corrected chi connectivity index (χ0v) is 16.0. The Morgan fingerprint density at radius 1 is 1.04 bits per heavy atom. The number of hydrogen-bond donors (Lipinski definition) is 0. The fourth-order valence-electron chi connectivity index (χ4n) is 2.99. The third-order valence-electron chi connectivity index (χ3n) is 4.40. The normalized spacial score (nSPS) is 14.7. The van der Waals surface area contributed by atoms with E-state index in [0.29, 0.717) is 12.4 Å². The predicted octanol–water partition coefficient (Wildman–Crippen LogP) is 4.04. The van der Waals surface area contributed by atoms with Gasteiger partial charge in [-0.15, -0.1) is 10.2 Å². The van der Waals surface area contributed by atoms with Crippen molar-refractivity contribution in [2.45, 2.75) is 37.6 Å². The van der Waals surface area contributed by atoms with Crippen LogP contribution in [0.4, 0.5) is 0 Å². The van der Waals surface area contributed by atoms with E-state index in [2.05, 4.69) is 10.2 Å². The summed E-state index contributed by atoms with van der Waals surface area (Å²) in [5.41, 5.74) is 1.81. The number of thioether (sulfide) groups is 1. The van der Waals surface area contributed by atoms with Crippen molar-refractivity contribution < 1.29 is 9.53 Å². The van der Waals surface area contributed by atoms with Crippen LogP contribution in [0.1, 0.15) is 32.6 Å². The van der Waals surface area contributed by atoms with Gasteiger partial charge in [0, 0.05) is 18.7 Å². The Hall–Kier alpha value is -2.08. The second-order valence-electron chi connectivity index (χ2n) is 6.30. The summed E-state index contributed by atoms with van der Waals surface area (Å²) < 4.78 is 5.45. The van der Waals surface area contributed by atoms with Crippen LogP contribution in [0, 0.1) is 0 Å². The second-order valence-corrected chi connectivity index (χ2v) is 7.29. The smallest absolute Gasteiger partial charge is 0.232 e. The molecule has 5 nitrogen and oxygen atoms in total. The van der Waals surface area contributed by atoms with Crippen LogP contribution in [0.2, 0.25) is 0 Å². The van der Waals surface area contributed by atoms with Gasteiger partial charge in [-0.2, -0.15) is 0 Å². The number of rotatable bonds is 6. The van der Waals surface area contributed by atoms with E-state index >= 15 is 0 Å². The molecule has 0 N–H and O–H groups in total. The van der Waals surface area contributed by atoms with Gasteiger partial charge in [0.2, 0.25) is 5.91 Å². The van der Waals surface area contributed by atoms with Gasteiger partial charge >= 0.3 is 0 Å². The molecule has 0 saturated carbocycles. The minimum absolute atomic E-state index is 0.203. The molecule has 1 aromatic heterocycles. The van der Waals surface area contributed by atoms with Gasteiger partial charge in [0.25, 0.3) is 0 Å². The highest BCUT2D eigenvalue weighted by Gasteiger charge is 2.15. The molecule has 1 fully saturated rings. The van der Waals surface area contributed by atoms with Crippen LogP contribution in [0.3, 0.4) is 0 Å². The van der Waals surface area contributed by atoms with E-state index in [1.54, 1.807) is 0 Å². The Morgan fingerprint density at radius 3 is 2.38 bits per heavy atom. The minimum Gasteiger partial charge on any atom is -0.494 e. The summed E-state index contributed by atoms with van der Waals surface area (Å²) in [6.45, 7) is 4.40. The van der Waals surface area contributed by atoms with E-state index in [-0.39, 0.29) is 5.91 Å². The van der Waals surface area contributed by atoms with Crippen molar-refractivity contribution in [1.29, 1.82) is 0 Å². The molecule has 2 aromatic rings. The zero-order valence-electron chi connectivity index (χ0n) is 15.2. The van der Waals surface area contributed by atoms with E-state index in [1.165, 1.54) is 24.6 Å². The largest absolute Gasteiger partial charge is 0.494 e. The molecule has 138 valence electrons. The fourth-order valence-corrected chi connectivity index (χ4v) is 3.70. The molecule has 0 aliphatic carbocycles. The highest BCUT2D eigenvalue weighted by molar-refractivity contribution is 7.99. The lowest BCUT2D eigenvalue weighted by molar-refractivity contribution is -0.128. The van der Waals surface area contributed by atoms with Gasteiger partial charge in [0.1, 0.15) is 10.8 Å². The van der Waals surface area contributed by atoms with Gasteiger partial charge < -0.3 is 9.64 Å². The van der Waals surface area contributed by atoms with E-state index in [4.69, 9.17) is 4.74 Å². The summed E-state index contributed by atoms with van der Waals surface area (Å²) in [7, 11) is 0. The Kier molecular flexibility index (Phi) is 6.89. The van der Waals surface area contributed by atoms with Gasteiger partial charge in [-0.1, -0.05) is 24.6 Å². The SMILES string of the molecule is CCOc1ccc(-c2ccc(SCC(=O)N3CCCCCC3)nn2)cc1. The molecule has 3 rings (SSSR count). The summed E-state index contributed by atoms with van der Waals surface area (Å²) in [5.74, 6) is 1.48. The number of carbonyl (C=O) groups excluding carboxylic acids is 1. The van der Waals surface area contributed by atoms with Gasteiger partial charge in [0.05, 0.1) is 18.1 Å². The van der Waals surface area contributed by atoms with Crippen molar-refractivity contribution in [3.8, 4) is 17.0 Å². The lowest BCUT2D eigenvalue weighted by atomic mass is 10.1. The van der Waals surface area contributed by atoms with Crippen LogP contribution in [-0.4, -0.2) is 46.5 Å². The molecule has 0 spiro atoms. The van der Waals surface area contributed by atoms with Crippen molar-refractivity contribution in [2.75, 3.05) is 25.4 Å². The fraction of sp³-hybridized carbons (Fsp3) is 0.450. The lowest BCUT2D eigenvalue weighted by Gasteiger charge is -2.19. The highest BCUT2D eigenvalue weighted by Crippen LogP contribution is 2.22. The predicted molar refractivity (Wildman–Crippen MR) is 104 cm³/mol. The minimum atomic E-state index is 0.203. The molecule has 2 heterocycles. The van der Waals surface area contributed by atoms with Crippen LogP contribution in [0.15, 0.2) is 41.4 Å². The maximum absolute atomic E-state index is 12.3. The van der Waals surface area contributed by atoms with E-state index in [9.17, 15) is 4.79 Å². The van der Waals surface area contributed by atoms with Gasteiger partial charge in [0.15, 0.2) is 0 Å². The molecule has 1 aliphatic heterocycles. The lowest BCUT2D eigenvalue weighted by Crippen LogP contribution is -2.33. The maximum atomic E-state index is 12.3. The van der Waals surface area contributed by atoms with Crippen LogP contribution in [-0.2, 0) is 4.79 Å². The number of amides is 1. The Balaban J connectivity index is 1.54. The molecule has 26 heavy (non-hydrogen) atoms. The summed E-state index contributed by atoms with van der Waals surface area (Å²) in [6, 6.07) is 11.7. The first-order valence-corrected chi connectivity index (χ1v) is 10.2. The third kappa shape index (κ3) is 5.21. The van der Waals surface area contributed by atoms with Crippen molar-refractivity contribution >= 4 is 17.7 Å². The second kappa shape index (κ2) is 9.57. The van der Waals surface area contributed by atoms with Crippen molar-refractivity contribution in [3.05, 3.63) is 36.4 Å². The van der Waals surface area contributed by atoms with Crippen LogP contribution in [0.25, 0.3) is 11.3 Å². The molecule has 1 saturated heterocycles. The first-order chi connectivity index (χ1) is 12.8. The third-order valence-corrected chi connectivity index (χ3v) is 5.31. The number of hydrogen-bond acceptors (Lipinski definition) is 5. The van der Waals surface area contributed by atoms with Crippen LogP contribution >= 0.6 is 11.8 Å². The standard InChI is InChI=1S/C20H25N3O2S/c1-2-25-17-9-7-16(8-10-17)18-11-12-19(22-21-18)26-15-20(24)23-13-5-3-4-6-14-23/h7-12H,2-6,13-15H2,1H3. The number of benzene rings is 1. The van der Waals surface area contributed by atoms with Gasteiger partial charge in [-0.25, -0.2) is 0 Å². The molecule has 1 aliphatic rings. The first-order valence-electron chi connectivity index (χ1n) is 9.24. The topological polar surface area (TPSA) is 55.3 Å². The quantitative estimate of drug-likeness (QED) is 0.718. The summed E-state index contributed by atoms with van der Waals surface area (Å²) >= 11 is 1.46. The van der Waals surface area contributed by atoms with Gasteiger partial charge in [-0.3, -0.25) is 4.79 Å². The Labute approximate surface area is 159 Å². The van der Waals surface area contributed by atoms with E-state index < -0.39 is 0 Å². The number of carbonyl (C=O) groups is 1. The summed E-state index contributed by atoms with van der Waals surface area (Å²) in [5, 5.41) is 9.33. The van der Waals surface area contributed by atoms with E-state index in [1.807, 2.05) is 48.2 Å². The Bertz CT molecular complexity index is 696. The van der Waals surface area contributed by atoms with E-state index in [0.717, 1.165) is 48.0 Å². The van der Waals surface area contributed by atoms with Crippen LogP contribution in [0.5, 0.6) is 5.75 Å². The monoisotopic (exact) mass is 371 g/mol. The number of aromatic nitrogens is 2. The summed E-state index contributed by atoms with van der Waals surface area (Å²) in [6.07, 6.45) is 4.70. The Morgan fingerprint density at radius 2 is 1.77 bits per heavy atom. The molecule has 1 aromatic carbocycles. The molecule has 0 bridgehead atoms. The van der Waals surface area contributed by atoms with Crippen molar-refractivity contribution in [3.63, 3.8) is 0 Å². The molecular weight excluding hydrogens is 346 g/mol. The molecule has 0 unspecified atom stereocenters. The summed E-state index contributed by atoms with van der Waals surface area (Å²) in [4.78, 5) is 14.3. The zero-order chi connectivity index (χ0) is 18.2. The molecular formula is C20H25N3O2S. The number of nitrogens with zero attached hydrogens (tertiary/aromatic N) is 3. The molecule has 0 radical (unpaired) electrons. The number of ether oxygens (including phenoxy) is 1. The van der Waals surface area contributed by atoms with Crippen molar-refractivity contribution in [1.82, 2.24) is 15.1 Å². The van der Waals surface area contributed by atoms with Gasteiger partial charge in [-0.05, 0) is 56.2 Å².